The molecular weight excluding hydrogens is 220 g/mol. The number of aromatic nitrogens is 1. The van der Waals surface area contributed by atoms with Gasteiger partial charge in [-0.3, -0.25) is 4.79 Å². The number of likely N-dealkylation sites (tertiary alicyclic amines) is 1. The second kappa shape index (κ2) is 7.52. The van der Waals surface area contributed by atoms with Crippen LogP contribution >= 0.6 is 12.6 Å². The summed E-state index contributed by atoms with van der Waals surface area (Å²) < 4.78 is 0. The van der Waals surface area contributed by atoms with Gasteiger partial charge in [0.1, 0.15) is 0 Å². The summed E-state index contributed by atoms with van der Waals surface area (Å²) >= 11 is 4.15. The number of hydrogen-bond acceptors (Lipinski definition) is 3. The second-order valence-electron chi connectivity index (χ2n) is 4.00. The Hall–Kier alpha value is -0.740. The van der Waals surface area contributed by atoms with Gasteiger partial charge >= 0.3 is 0 Å². The fourth-order valence-corrected chi connectivity index (χ4v) is 1.92. The Morgan fingerprint density at radius 1 is 1.38 bits per heavy atom. The molecule has 0 aliphatic carbocycles. The van der Waals surface area contributed by atoms with Gasteiger partial charge in [0.15, 0.2) is 0 Å². The molecule has 0 unspecified atom stereocenters. The van der Waals surface area contributed by atoms with Crippen LogP contribution in [0.25, 0.3) is 0 Å². The van der Waals surface area contributed by atoms with E-state index in [2.05, 4.69) is 22.5 Å². The maximum Gasteiger partial charge on any atom is 0.247 e. The van der Waals surface area contributed by atoms with Crippen molar-refractivity contribution in [1.29, 1.82) is 0 Å². The van der Waals surface area contributed by atoms with Crippen molar-refractivity contribution in [2.75, 3.05) is 25.4 Å². The Balaban J connectivity index is 0.000000160. The molecule has 0 saturated carbocycles. The number of hydrogen-bond donors (Lipinski definition) is 2. The normalized spacial score (nSPS) is 15.6. The van der Waals surface area contributed by atoms with Gasteiger partial charge in [-0.25, -0.2) is 0 Å². The van der Waals surface area contributed by atoms with E-state index >= 15 is 0 Å². The second-order valence-corrected chi connectivity index (χ2v) is 4.45. The van der Waals surface area contributed by atoms with Gasteiger partial charge in [-0.15, -0.1) is 0 Å². The van der Waals surface area contributed by atoms with Crippen molar-refractivity contribution >= 4 is 12.6 Å². The van der Waals surface area contributed by atoms with Crippen LogP contribution in [0.4, 0.5) is 0 Å². The summed E-state index contributed by atoms with van der Waals surface area (Å²) in [6.07, 6.45) is 4.48. The number of nitrogens with one attached hydrogen (secondary N) is 1. The predicted molar refractivity (Wildman–Crippen MR) is 71.3 cm³/mol. The number of aromatic amines is 1. The first-order chi connectivity index (χ1) is 7.72. The molecule has 1 aliphatic rings. The highest BCUT2D eigenvalue weighted by atomic mass is 32.1. The fraction of sp³-hybridized carbons (Fsp3) is 0.583. The van der Waals surface area contributed by atoms with Crippen LogP contribution in [0.5, 0.6) is 0 Å². The van der Waals surface area contributed by atoms with Gasteiger partial charge in [0, 0.05) is 24.6 Å². The number of pyridine rings is 1. The summed E-state index contributed by atoms with van der Waals surface area (Å²) in [4.78, 5) is 15.4. The largest absolute Gasteiger partial charge is 0.329 e. The third kappa shape index (κ3) is 5.37. The lowest BCUT2D eigenvalue weighted by Crippen LogP contribution is -2.21. The number of nitrogens with zero attached hydrogens (tertiary/aromatic N) is 1. The van der Waals surface area contributed by atoms with Crippen LogP contribution in [0.1, 0.15) is 18.4 Å². The highest BCUT2D eigenvalue weighted by molar-refractivity contribution is 7.80. The van der Waals surface area contributed by atoms with Gasteiger partial charge in [0.2, 0.25) is 5.56 Å². The van der Waals surface area contributed by atoms with E-state index in [0.29, 0.717) is 0 Å². The first kappa shape index (κ1) is 13.3. The fourth-order valence-electron chi connectivity index (χ4n) is 1.64. The SMILES string of the molecule is Cc1ccc(=O)[nH]c1.SCCN1CCCC1. The van der Waals surface area contributed by atoms with Gasteiger partial charge in [-0.2, -0.15) is 12.6 Å². The van der Waals surface area contributed by atoms with Crippen molar-refractivity contribution in [3.63, 3.8) is 0 Å². The van der Waals surface area contributed by atoms with Crippen molar-refractivity contribution in [3.8, 4) is 0 Å². The standard InChI is InChI=1S/C6H7NO.C6H13NS/c1-5-2-3-6(8)7-4-5;8-6-5-7-3-1-2-4-7/h2-4H,1H3,(H,7,8);8H,1-6H2. The monoisotopic (exact) mass is 240 g/mol. The van der Waals surface area contributed by atoms with Crippen LogP contribution < -0.4 is 5.56 Å². The minimum atomic E-state index is -0.0457. The Labute approximate surface area is 102 Å². The quantitative estimate of drug-likeness (QED) is 0.772. The summed E-state index contributed by atoms with van der Waals surface area (Å²) in [5.41, 5.74) is 1.03. The molecule has 3 nitrogen and oxygen atoms in total. The lowest BCUT2D eigenvalue weighted by Gasteiger charge is -2.10. The number of H-pyrrole nitrogens is 1. The van der Waals surface area contributed by atoms with Crippen LogP contribution in [0.2, 0.25) is 0 Å². The molecule has 1 aromatic rings. The lowest BCUT2D eigenvalue weighted by molar-refractivity contribution is 0.362. The highest BCUT2D eigenvalue weighted by Gasteiger charge is 2.08. The van der Waals surface area contributed by atoms with Gasteiger partial charge in [0.25, 0.3) is 0 Å². The van der Waals surface area contributed by atoms with Crippen molar-refractivity contribution < 1.29 is 0 Å². The van der Waals surface area contributed by atoms with E-state index < -0.39 is 0 Å². The Bertz CT molecular complexity index is 325. The van der Waals surface area contributed by atoms with Gasteiger partial charge in [-0.05, 0) is 38.4 Å². The Morgan fingerprint density at radius 3 is 2.50 bits per heavy atom. The summed E-state index contributed by atoms with van der Waals surface area (Å²) in [5.74, 6) is 1.01. The van der Waals surface area contributed by atoms with E-state index in [0.717, 1.165) is 11.3 Å². The first-order valence-corrected chi connectivity index (χ1v) is 6.34. The average Bonchev–Trinajstić information content (AvgIpc) is 2.77. The molecule has 1 N–H and O–H groups in total. The zero-order valence-electron chi connectivity index (χ0n) is 9.78. The molecule has 0 spiro atoms. The summed E-state index contributed by atoms with van der Waals surface area (Å²) in [6, 6.07) is 3.29. The topological polar surface area (TPSA) is 36.1 Å². The van der Waals surface area contributed by atoms with E-state index in [1.807, 2.05) is 6.92 Å². The molecule has 4 heteroatoms. The van der Waals surface area contributed by atoms with Gasteiger partial charge in [0.05, 0.1) is 0 Å². The van der Waals surface area contributed by atoms with Gasteiger partial charge in [-0.1, -0.05) is 6.07 Å². The lowest BCUT2D eigenvalue weighted by atomic mass is 10.3. The molecule has 1 fully saturated rings. The molecule has 0 amide bonds. The van der Waals surface area contributed by atoms with Crippen LogP contribution in [-0.4, -0.2) is 35.3 Å². The number of rotatable bonds is 2. The average molecular weight is 240 g/mol. The van der Waals surface area contributed by atoms with Crippen molar-refractivity contribution in [3.05, 3.63) is 34.2 Å². The van der Waals surface area contributed by atoms with Crippen molar-refractivity contribution in [2.24, 2.45) is 0 Å². The Morgan fingerprint density at radius 2 is 2.06 bits per heavy atom. The van der Waals surface area contributed by atoms with E-state index in [9.17, 15) is 4.79 Å². The molecule has 16 heavy (non-hydrogen) atoms. The molecule has 0 atom stereocenters. The van der Waals surface area contributed by atoms with E-state index in [4.69, 9.17) is 0 Å². The van der Waals surface area contributed by atoms with Crippen molar-refractivity contribution in [2.45, 2.75) is 19.8 Å². The third-order valence-electron chi connectivity index (χ3n) is 2.55. The number of aryl methyl sites for hydroxylation is 1. The van der Waals surface area contributed by atoms with Crippen LogP contribution in [-0.2, 0) is 0 Å². The van der Waals surface area contributed by atoms with E-state index in [1.165, 1.54) is 38.5 Å². The molecule has 0 bridgehead atoms. The molecular formula is C12H20N2OS. The van der Waals surface area contributed by atoms with Gasteiger partial charge < -0.3 is 9.88 Å². The number of thiol groups is 1. The third-order valence-corrected chi connectivity index (χ3v) is 2.75. The smallest absolute Gasteiger partial charge is 0.247 e. The maximum absolute atomic E-state index is 10.4. The molecule has 2 heterocycles. The minimum absolute atomic E-state index is 0.0457. The summed E-state index contributed by atoms with van der Waals surface area (Å²) in [6.45, 7) is 5.72. The molecule has 1 aromatic heterocycles. The molecule has 0 radical (unpaired) electrons. The zero-order chi connectivity index (χ0) is 11.8. The predicted octanol–water partition coefficient (Wildman–Crippen LogP) is 1.70. The first-order valence-electron chi connectivity index (χ1n) is 5.71. The minimum Gasteiger partial charge on any atom is -0.329 e. The van der Waals surface area contributed by atoms with Crippen LogP contribution in [0.15, 0.2) is 23.1 Å². The van der Waals surface area contributed by atoms with E-state index in [1.54, 1.807) is 12.3 Å². The molecule has 1 aliphatic heterocycles. The summed E-state index contributed by atoms with van der Waals surface area (Å²) in [7, 11) is 0. The van der Waals surface area contributed by atoms with Crippen LogP contribution in [0.3, 0.4) is 0 Å². The van der Waals surface area contributed by atoms with Crippen LogP contribution in [0, 0.1) is 6.92 Å². The highest BCUT2D eigenvalue weighted by Crippen LogP contribution is 2.05. The van der Waals surface area contributed by atoms with E-state index in [-0.39, 0.29) is 5.56 Å². The maximum atomic E-state index is 10.4. The molecule has 1 saturated heterocycles. The molecule has 90 valence electrons. The molecule has 2 rings (SSSR count). The zero-order valence-corrected chi connectivity index (χ0v) is 10.7. The summed E-state index contributed by atoms with van der Waals surface area (Å²) in [5, 5.41) is 0. The molecule has 0 aromatic carbocycles. The Kier molecular flexibility index (Phi) is 6.26. The van der Waals surface area contributed by atoms with Crippen molar-refractivity contribution in [1.82, 2.24) is 9.88 Å².